The van der Waals surface area contributed by atoms with Gasteiger partial charge in [-0.2, -0.15) is 0 Å². The summed E-state index contributed by atoms with van der Waals surface area (Å²) in [6, 6.07) is 0.302. The van der Waals surface area contributed by atoms with Gasteiger partial charge in [-0.15, -0.1) is 0 Å². The molecule has 0 aliphatic heterocycles. The van der Waals surface area contributed by atoms with Crippen LogP contribution < -0.4 is 5.73 Å². The Labute approximate surface area is 116 Å². The van der Waals surface area contributed by atoms with Crippen molar-refractivity contribution in [3.63, 3.8) is 0 Å². The molecule has 1 heteroatoms. The highest BCUT2D eigenvalue weighted by molar-refractivity contribution is 4.85. The maximum Gasteiger partial charge on any atom is 0.00389 e. The maximum absolute atomic E-state index is 6.18. The predicted octanol–water partition coefficient (Wildman–Crippen LogP) is 4.95. The van der Waals surface area contributed by atoms with Gasteiger partial charge in [0, 0.05) is 6.04 Å². The van der Waals surface area contributed by atoms with E-state index >= 15 is 0 Å². The number of nitrogens with two attached hydrogens (primary N) is 1. The van der Waals surface area contributed by atoms with Crippen LogP contribution in [0.15, 0.2) is 0 Å². The maximum atomic E-state index is 6.18. The largest absolute Gasteiger partial charge is 0.328 e. The molecule has 110 valence electrons. The molecule has 0 saturated carbocycles. The summed E-state index contributed by atoms with van der Waals surface area (Å²) in [6.45, 7) is 18.7. The fourth-order valence-electron chi connectivity index (χ4n) is 3.97. The van der Waals surface area contributed by atoms with Gasteiger partial charge in [0.2, 0.25) is 0 Å². The molecule has 0 amide bonds. The Bertz CT molecular complexity index is 208. The molecule has 1 nitrogen and oxygen atoms in total. The van der Waals surface area contributed by atoms with Crippen molar-refractivity contribution in [2.75, 3.05) is 0 Å². The number of rotatable bonds is 8. The summed E-state index contributed by atoms with van der Waals surface area (Å²) >= 11 is 0. The second kappa shape index (κ2) is 8.19. The van der Waals surface area contributed by atoms with Gasteiger partial charge in [0.15, 0.2) is 0 Å². The van der Waals surface area contributed by atoms with Crippen LogP contribution in [0.4, 0.5) is 0 Å². The van der Waals surface area contributed by atoms with E-state index in [9.17, 15) is 0 Å². The highest BCUT2D eigenvalue weighted by Crippen LogP contribution is 2.40. The molecular weight excluding hydrogens is 218 g/mol. The third-order valence-corrected chi connectivity index (χ3v) is 5.05. The molecule has 0 spiro atoms. The third-order valence-electron chi connectivity index (χ3n) is 5.05. The number of hydrogen-bond donors (Lipinski definition) is 1. The van der Waals surface area contributed by atoms with Crippen molar-refractivity contribution >= 4 is 0 Å². The molecule has 0 aromatic rings. The van der Waals surface area contributed by atoms with Gasteiger partial charge in [-0.25, -0.2) is 0 Å². The van der Waals surface area contributed by atoms with Gasteiger partial charge in [0.25, 0.3) is 0 Å². The van der Waals surface area contributed by atoms with Gasteiger partial charge in [-0.3, -0.25) is 0 Å². The van der Waals surface area contributed by atoms with Crippen LogP contribution in [-0.4, -0.2) is 6.04 Å². The van der Waals surface area contributed by atoms with Crippen LogP contribution in [0.1, 0.15) is 68.2 Å². The molecular formula is C17H37N. The molecule has 0 rings (SSSR count). The van der Waals surface area contributed by atoms with E-state index in [4.69, 9.17) is 5.73 Å². The highest BCUT2D eigenvalue weighted by Gasteiger charge is 2.35. The zero-order valence-electron chi connectivity index (χ0n) is 14.0. The Kier molecular flexibility index (Phi) is 8.18. The third kappa shape index (κ3) is 4.57. The second-order valence-corrected chi connectivity index (χ2v) is 6.93. The first-order valence-electron chi connectivity index (χ1n) is 8.03. The van der Waals surface area contributed by atoms with Crippen molar-refractivity contribution in [1.82, 2.24) is 0 Å². The van der Waals surface area contributed by atoms with Crippen LogP contribution >= 0.6 is 0 Å². The average Bonchev–Trinajstić information content (AvgIpc) is 2.26. The Morgan fingerprint density at radius 3 is 1.39 bits per heavy atom. The molecule has 0 heterocycles. The summed E-state index contributed by atoms with van der Waals surface area (Å²) in [5, 5.41) is 0. The van der Waals surface area contributed by atoms with E-state index in [-0.39, 0.29) is 0 Å². The van der Waals surface area contributed by atoms with E-state index in [1.54, 1.807) is 0 Å². The SMILES string of the molecule is CCC(C(C)C)C(CC)C(C(C)C)C(C)C(C)N. The zero-order valence-corrected chi connectivity index (χ0v) is 14.0. The smallest absolute Gasteiger partial charge is 0.00389 e. The Morgan fingerprint density at radius 2 is 1.17 bits per heavy atom. The minimum absolute atomic E-state index is 0.302. The zero-order chi connectivity index (χ0) is 14.5. The summed E-state index contributed by atoms with van der Waals surface area (Å²) in [7, 11) is 0. The van der Waals surface area contributed by atoms with Crippen molar-refractivity contribution < 1.29 is 0 Å². The van der Waals surface area contributed by atoms with Crippen LogP contribution in [0, 0.1) is 35.5 Å². The Hall–Kier alpha value is -0.0400. The molecule has 0 aromatic carbocycles. The molecule has 0 radical (unpaired) electrons. The van der Waals surface area contributed by atoms with Crippen LogP contribution in [-0.2, 0) is 0 Å². The van der Waals surface area contributed by atoms with Gasteiger partial charge in [0.05, 0.1) is 0 Å². The summed E-state index contributed by atoms with van der Waals surface area (Å²) in [4.78, 5) is 0. The van der Waals surface area contributed by atoms with Crippen LogP contribution in [0.25, 0.3) is 0 Å². The van der Waals surface area contributed by atoms with Gasteiger partial charge >= 0.3 is 0 Å². The monoisotopic (exact) mass is 255 g/mol. The quantitative estimate of drug-likeness (QED) is 0.652. The van der Waals surface area contributed by atoms with Crippen molar-refractivity contribution in [1.29, 1.82) is 0 Å². The normalized spacial score (nSPS) is 20.8. The topological polar surface area (TPSA) is 26.0 Å². The fourth-order valence-corrected chi connectivity index (χ4v) is 3.97. The predicted molar refractivity (Wildman–Crippen MR) is 83.5 cm³/mol. The van der Waals surface area contributed by atoms with Crippen molar-refractivity contribution in [2.45, 2.75) is 74.3 Å². The first-order chi connectivity index (χ1) is 8.27. The lowest BCUT2D eigenvalue weighted by molar-refractivity contribution is 0.0804. The molecule has 0 aliphatic rings. The van der Waals surface area contributed by atoms with Gasteiger partial charge < -0.3 is 5.73 Å². The first kappa shape index (κ1) is 18.0. The summed E-state index contributed by atoms with van der Waals surface area (Å²) < 4.78 is 0. The van der Waals surface area contributed by atoms with E-state index in [1.807, 2.05) is 0 Å². The van der Waals surface area contributed by atoms with Gasteiger partial charge in [0.1, 0.15) is 0 Å². The highest BCUT2D eigenvalue weighted by atomic mass is 14.6. The minimum atomic E-state index is 0.302. The molecule has 0 bridgehead atoms. The molecule has 5 unspecified atom stereocenters. The molecule has 0 saturated heterocycles. The van der Waals surface area contributed by atoms with Crippen LogP contribution in [0.2, 0.25) is 0 Å². The molecule has 0 aliphatic carbocycles. The first-order valence-corrected chi connectivity index (χ1v) is 8.03. The van der Waals surface area contributed by atoms with Crippen LogP contribution in [0.3, 0.4) is 0 Å². The summed E-state index contributed by atoms with van der Waals surface area (Å²) in [6.07, 6.45) is 2.58. The lowest BCUT2D eigenvalue weighted by atomic mass is 9.64. The molecule has 2 N–H and O–H groups in total. The minimum Gasteiger partial charge on any atom is -0.328 e. The van der Waals surface area contributed by atoms with E-state index in [0.717, 1.165) is 29.6 Å². The standard InChI is InChI=1S/C17H37N/c1-9-15(11(3)4)16(10-2)17(12(5)6)13(7)14(8)18/h11-17H,9-10,18H2,1-8H3. The summed E-state index contributed by atoms with van der Waals surface area (Å²) in [5.41, 5.74) is 6.18. The fraction of sp³-hybridized carbons (Fsp3) is 1.00. The second-order valence-electron chi connectivity index (χ2n) is 6.93. The van der Waals surface area contributed by atoms with Crippen molar-refractivity contribution in [3.05, 3.63) is 0 Å². The van der Waals surface area contributed by atoms with E-state index in [2.05, 4.69) is 55.4 Å². The summed E-state index contributed by atoms with van der Waals surface area (Å²) in [5.74, 6) is 4.52. The lowest BCUT2D eigenvalue weighted by Gasteiger charge is -2.42. The van der Waals surface area contributed by atoms with Gasteiger partial charge in [-0.1, -0.05) is 61.3 Å². The van der Waals surface area contributed by atoms with E-state index < -0.39 is 0 Å². The molecule has 18 heavy (non-hydrogen) atoms. The van der Waals surface area contributed by atoms with Crippen molar-refractivity contribution in [2.24, 2.45) is 41.2 Å². The van der Waals surface area contributed by atoms with E-state index in [1.165, 1.54) is 12.8 Å². The Balaban J connectivity index is 5.15. The molecule has 0 fully saturated rings. The van der Waals surface area contributed by atoms with Crippen LogP contribution in [0.5, 0.6) is 0 Å². The lowest BCUT2D eigenvalue weighted by Crippen LogP contribution is -2.40. The average molecular weight is 255 g/mol. The number of hydrogen-bond acceptors (Lipinski definition) is 1. The Morgan fingerprint density at radius 1 is 0.722 bits per heavy atom. The molecule has 5 atom stereocenters. The van der Waals surface area contributed by atoms with Crippen molar-refractivity contribution in [3.8, 4) is 0 Å². The van der Waals surface area contributed by atoms with Gasteiger partial charge in [-0.05, 0) is 42.4 Å². The van der Waals surface area contributed by atoms with E-state index in [0.29, 0.717) is 12.0 Å². The molecule has 0 aromatic heterocycles.